The SMILES string of the molecule is COc1ccc([C@](C)(O)[C@H]2CCCN2Cc2cnoc2C)cc1. The van der Waals surface area contributed by atoms with Gasteiger partial charge in [-0.2, -0.15) is 0 Å². The normalized spacial score (nSPS) is 21.3. The Labute approximate surface area is 136 Å². The number of benzene rings is 1. The zero-order valence-electron chi connectivity index (χ0n) is 14.0. The molecule has 124 valence electrons. The lowest BCUT2D eigenvalue weighted by Gasteiger charge is -2.37. The fourth-order valence-corrected chi connectivity index (χ4v) is 3.46. The average molecular weight is 316 g/mol. The number of rotatable bonds is 5. The van der Waals surface area contributed by atoms with Crippen LogP contribution in [0.1, 0.15) is 36.7 Å². The molecule has 0 unspecified atom stereocenters. The molecule has 5 nitrogen and oxygen atoms in total. The maximum Gasteiger partial charge on any atom is 0.138 e. The van der Waals surface area contributed by atoms with Crippen LogP contribution in [0.5, 0.6) is 5.75 Å². The number of ether oxygens (including phenoxy) is 1. The number of aliphatic hydroxyl groups is 1. The first-order valence-corrected chi connectivity index (χ1v) is 8.03. The number of likely N-dealkylation sites (tertiary alicyclic amines) is 1. The van der Waals surface area contributed by atoms with Crippen molar-refractivity contribution in [3.05, 3.63) is 47.3 Å². The van der Waals surface area contributed by atoms with Crippen LogP contribution < -0.4 is 4.74 Å². The lowest BCUT2D eigenvalue weighted by atomic mass is 9.86. The quantitative estimate of drug-likeness (QED) is 0.919. The zero-order chi connectivity index (χ0) is 16.4. The van der Waals surface area contributed by atoms with Crippen molar-refractivity contribution in [2.24, 2.45) is 0 Å². The standard InChI is InChI=1S/C18H24N2O3/c1-13-14(11-19-23-13)12-20-10-4-5-17(20)18(2,21)15-6-8-16(22-3)9-7-15/h6-9,11,17,21H,4-5,10,12H2,1-3H3/t17-,18+/m1/s1. The van der Waals surface area contributed by atoms with Gasteiger partial charge < -0.3 is 14.4 Å². The van der Waals surface area contributed by atoms with Crippen molar-refractivity contribution >= 4 is 0 Å². The maximum absolute atomic E-state index is 11.2. The van der Waals surface area contributed by atoms with E-state index in [0.29, 0.717) is 0 Å². The van der Waals surface area contributed by atoms with E-state index < -0.39 is 5.60 Å². The monoisotopic (exact) mass is 316 g/mol. The molecule has 2 heterocycles. The van der Waals surface area contributed by atoms with Crippen LogP contribution in [0.15, 0.2) is 35.0 Å². The lowest BCUT2D eigenvalue weighted by molar-refractivity contribution is -0.0255. The number of nitrogens with zero attached hydrogens (tertiary/aromatic N) is 2. The Morgan fingerprint density at radius 3 is 2.74 bits per heavy atom. The molecule has 23 heavy (non-hydrogen) atoms. The van der Waals surface area contributed by atoms with E-state index in [1.165, 1.54) is 0 Å². The van der Waals surface area contributed by atoms with Crippen LogP contribution in [0.25, 0.3) is 0 Å². The highest BCUT2D eigenvalue weighted by Gasteiger charge is 2.40. The van der Waals surface area contributed by atoms with E-state index >= 15 is 0 Å². The molecule has 3 rings (SSSR count). The molecule has 1 aliphatic heterocycles. The van der Waals surface area contributed by atoms with E-state index in [1.807, 2.05) is 38.1 Å². The highest BCUT2D eigenvalue weighted by Crippen LogP contribution is 2.36. The molecule has 2 atom stereocenters. The minimum Gasteiger partial charge on any atom is -0.497 e. The maximum atomic E-state index is 11.2. The molecule has 0 radical (unpaired) electrons. The molecule has 0 amide bonds. The second-order valence-corrected chi connectivity index (χ2v) is 6.41. The Bertz CT molecular complexity index is 649. The molecular weight excluding hydrogens is 292 g/mol. The van der Waals surface area contributed by atoms with E-state index in [-0.39, 0.29) is 6.04 Å². The summed E-state index contributed by atoms with van der Waals surface area (Å²) in [7, 11) is 1.65. The van der Waals surface area contributed by atoms with Crippen LogP contribution in [0.4, 0.5) is 0 Å². The van der Waals surface area contributed by atoms with Crippen molar-refractivity contribution in [1.82, 2.24) is 10.1 Å². The van der Waals surface area contributed by atoms with Crippen molar-refractivity contribution in [1.29, 1.82) is 0 Å². The van der Waals surface area contributed by atoms with Gasteiger partial charge >= 0.3 is 0 Å². The molecular formula is C18H24N2O3. The summed E-state index contributed by atoms with van der Waals surface area (Å²) in [6, 6.07) is 7.76. The van der Waals surface area contributed by atoms with Gasteiger partial charge in [0.15, 0.2) is 0 Å². The minimum atomic E-state index is -0.909. The summed E-state index contributed by atoms with van der Waals surface area (Å²) in [6.07, 6.45) is 3.83. The summed E-state index contributed by atoms with van der Waals surface area (Å²) in [4.78, 5) is 2.32. The Morgan fingerprint density at radius 2 is 2.13 bits per heavy atom. The number of aryl methyl sites for hydroxylation is 1. The molecule has 1 aliphatic rings. The predicted octanol–water partition coefficient (Wildman–Crippen LogP) is 2.86. The van der Waals surface area contributed by atoms with Gasteiger partial charge in [0.05, 0.1) is 13.3 Å². The van der Waals surface area contributed by atoms with Crippen molar-refractivity contribution < 1.29 is 14.4 Å². The van der Waals surface area contributed by atoms with Crippen LogP contribution in [0.2, 0.25) is 0 Å². The Balaban J connectivity index is 1.80. The lowest BCUT2D eigenvalue weighted by Crippen LogP contribution is -2.45. The highest BCUT2D eigenvalue weighted by molar-refractivity contribution is 5.32. The van der Waals surface area contributed by atoms with Crippen LogP contribution >= 0.6 is 0 Å². The van der Waals surface area contributed by atoms with E-state index in [9.17, 15) is 5.11 Å². The third-order valence-corrected chi connectivity index (χ3v) is 4.91. The Kier molecular flexibility index (Phi) is 4.41. The van der Waals surface area contributed by atoms with Crippen LogP contribution in [0.3, 0.4) is 0 Å². The van der Waals surface area contributed by atoms with Gasteiger partial charge in [-0.25, -0.2) is 0 Å². The summed E-state index contributed by atoms with van der Waals surface area (Å²) in [6.45, 7) is 5.56. The van der Waals surface area contributed by atoms with Crippen LogP contribution in [0, 0.1) is 6.92 Å². The zero-order valence-corrected chi connectivity index (χ0v) is 14.0. The molecule has 0 bridgehead atoms. The molecule has 1 N–H and O–H groups in total. The van der Waals surface area contributed by atoms with Crippen molar-refractivity contribution in [3.8, 4) is 5.75 Å². The Hall–Kier alpha value is -1.85. The third-order valence-electron chi connectivity index (χ3n) is 4.91. The van der Waals surface area contributed by atoms with Crippen molar-refractivity contribution in [2.75, 3.05) is 13.7 Å². The molecule has 1 aromatic carbocycles. The van der Waals surface area contributed by atoms with Gasteiger partial charge in [0.1, 0.15) is 17.1 Å². The molecule has 1 saturated heterocycles. The molecule has 0 aliphatic carbocycles. The molecule has 5 heteroatoms. The summed E-state index contributed by atoms with van der Waals surface area (Å²) >= 11 is 0. The summed E-state index contributed by atoms with van der Waals surface area (Å²) in [5.41, 5.74) is 1.09. The smallest absolute Gasteiger partial charge is 0.138 e. The number of methoxy groups -OCH3 is 1. The molecule has 1 aromatic heterocycles. The van der Waals surface area contributed by atoms with E-state index in [1.54, 1.807) is 13.3 Å². The van der Waals surface area contributed by atoms with Crippen LogP contribution in [-0.4, -0.2) is 34.9 Å². The fraction of sp³-hybridized carbons (Fsp3) is 0.500. The summed E-state index contributed by atoms with van der Waals surface area (Å²) in [5.74, 6) is 1.65. The third kappa shape index (κ3) is 3.12. The fourth-order valence-electron chi connectivity index (χ4n) is 3.46. The Morgan fingerprint density at radius 1 is 1.39 bits per heavy atom. The van der Waals surface area contributed by atoms with Gasteiger partial charge in [0.25, 0.3) is 0 Å². The largest absolute Gasteiger partial charge is 0.497 e. The topological polar surface area (TPSA) is 58.7 Å². The second kappa shape index (κ2) is 6.34. The number of hydrogen-bond donors (Lipinski definition) is 1. The molecule has 1 fully saturated rings. The van der Waals surface area contributed by atoms with Crippen LogP contribution in [-0.2, 0) is 12.1 Å². The van der Waals surface area contributed by atoms with Crippen molar-refractivity contribution in [2.45, 2.75) is 44.9 Å². The molecule has 0 spiro atoms. The minimum absolute atomic E-state index is 0.0743. The first kappa shape index (κ1) is 16.0. The first-order valence-electron chi connectivity index (χ1n) is 8.03. The van der Waals surface area contributed by atoms with Gasteiger partial charge in [-0.15, -0.1) is 0 Å². The van der Waals surface area contributed by atoms with Gasteiger partial charge in [-0.3, -0.25) is 4.90 Å². The predicted molar refractivity (Wildman–Crippen MR) is 87.2 cm³/mol. The summed E-state index contributed by atoms with van der Waals surface area (Å²) in [5, 5.41) is 15.0. The molecule has 2 aromatic rings. The number of hydrogen-bond acceptors (Lipinski definition) is 5. The first-order chi connectivity index (χ1) is 11.0. The van der Waals surface area contributed by atoms with Crippen molar-refractivity contribution in [3.63, 3.8) is 0 Å². The van der Waals surface area contributed by atoms with Gasteiger partial charge in [-0.05, 0) is 50.9 Å². The van der Waals surface area contributed by atoms with Gasteiger partial charge in [0, 0.05) is 18.2 Å². The second-order valence-electron chi connectivity index (χ2n) is 6.41. The van der Waals surface area contributed by atoms with E-state index in [4.69, 9.17) is 9.26 Å². The van der Waals surface area contributed by atoms with E-state index in [2.05, 4.69) is 10.1 Å². The highest BCUT2D eigenvalue weighted by atomic mass is 16.5. The average Bonchev–Trinajstić information content (AvgIpc) is 3.18. The molecule has 0 saturated carbocycles. The van der Waals surface area contributed by atoms with Gasteiger partial charge in [-0.1, -0.05) is 17.3 Å². The summed E-state index contributed by atoms with van der Waals surface area (Å²) < 4.78 is 10.4. The number of aromatic nitrogens is 1. The van der Waals surface area contributed by atoms with Gasteiger partial charge in [0.2, 0.25) is 0 Å². The van der Waals surface area contributed by atoms with E-state index in [0.717, 1.165) is 48.6 Å².